The van der Waals surface area contributed by atoms with Gasteiger partial charge in [-0.25, -0.2) is 0 Å². The molecule has 0 saturated heterocycles. The fourth-order valence-electron chi connectivity index (χ4n) is 3.21. The van der Waals surface area contributed by atoms with Gasteiger partial charge in [0, 0.05) is 7.11 Å². The van der Waals surface area contributed by atoms with Crippen LogP contribution in [0.2, 0.25) is 0 Å². The summed E-state index contributed by atoms with van der Waals surface area (Å²) >= 11 is 0. The van der Waals surface area contributed by atoms with E-state index >= 15 is 0 Å². The highest BCUT2D eigenvalue weighted by Crippen LogP contribution is 2.39. The Morgan fingerprint density at radius 1 is 1.37 bits per heavy atom. The van der Waals surface area contributed by atoms with E-state index in [1.54, 1.807) is 7.11 Å². The quantitative estimate of drug-likeness (QED) is 0.897. The highest BCUT2D eigenvalue weighted by atomic mass is 16.5. The molecule has 1 saturated carbocycles. The summed E-state index contributed by atoms with van der Waals surface area (Å²) in [6, 6.07) is 8.42. The third-order valence-corrected chi connectivity index (χ3v) is 4.16. The molecular formula is C17H26O2. The lowest BCUT2D eigenvalue weighted by Gasteiger charge is -2.39. The highest BCUT2D eigenvalue weighted by Gasteiger charge is 2.40. The second-order valence-electron chi connectivity index (χ2n) is 6.19. The van der Waals surface area contributed by atoms with Crippen molar-refractivity contribution in [2.24, 2.45) is 5.92 Å². The normalized spacial score (nSPS) is 27.7. The molecule has 0 aliphatic heterocycles. The number of hydrogen-bond donors (Lipinski definition) is 1. The van der Waals surface area contributed by atoms with Crippen LogP contribution in [0.4, 0.5) is 0 Å². The summed E-state index contributed by atoms with van der Waals surface area (Å²) in [5, 5.41) is 11.0. The zero-order valence-corrected chi connectivity index (χ0v) is 12.4. The molecule has 0 aromatic heterocycles. The summed E-state index contributed by atoms with van der Waals surface area (Å²) in [7, 11) is 1.71. The molecule has 1 aromatic carbocycles. The first kappa shape index (κ1) is 14.5. The monoisotopic (exact) mass is 262 g/mol. The van der Waals surface area contributed by atoms with Gasteiger partial charge in [0.2, 0.25) is 0 Å². The Morgan fingerprint density at radius 3 is 2.84 bits per heavy atom. The molecule has 106 valence electrons. The van der Waals surface area contributed by atoms with Crippen molar-refractivity contribution in [2.75, 3.05) is 7.11 Å². The zero-order chi connectivity index (χ0) is 13.9. The van der Waals surface area contributed by atoms with E-state index in [0.717, 1.165) is 37.7 Å². The van der Waals surface area contributed by atoms with Gasteiger partial charge in [-0.1, -0.05) is 51.0 Å². The van der Waals surface area contributed by atoms with E-state index in [0.29, 0.717) is 5.92 Å². The van der Waals surface area contributed by atoms with Gasteiger partial charge in [-0.05, 0) is 36.3 Å². The van der Waals surface area contributed by atoms with E-state index in [-0.39, 0.29) is 6.10 Å². The first-order chi connectivity index (χ1) is 9.06. The Morgan fingerprint density at radius 2 is 2.16 bits per heavy atom. The SMILES string of the molecule is COC1CCCCC1(O)c1cccc(CC(C)C)c1. The van der Waals surface area contributed by atoms with Gasteiger partial charge < -0.3 is 9.84 Å². The number of aliphatic hydroxyl groups is 1. The summed E-state index contributed by atoms with van der Waals surface area (Å²) in [4.78, 5) is 0. The highest BCUT2D eigenvalue weighted by molar-refractivity contribution is 5.30. The molecule has 19 heavy (non-hydrogen) atoms. The first-order valence-corrected chi connectivity index (χ1v) is 7.41. The molecule has 2 nitrogen and oxygen atoms in total. The minimum Gasteiger partial charge on any atom is -0.382 e. The minimum absolute atomic E-state index is 0.0736. The third-order valence-electron chi connectivity index (χ3n) is 4.16. The molecule has 0 radical (unpaired) electrons. The number of methoxy groups -OCH3 is 1. The smallest absolute Gasteiger partial charge is 0.116 e. The zero-order valence-electron chi connectivity index (χ0n) is 12.4. The fraction of sp³-hybridized carbons (Fsp3) is 0.647. The molecule has 0 spiro atoms. The van der Waals surface area contributed by atoms with Gasteiger partial charge in [0.1, 0.15) is 5.60 Å². The second-order valence-corrected chi connectivity index (χ2v) is 6.19. The molecule has 2 rings (SSSR count). The predicted molar refractivity (Wildman–Crippen MR) is 78.1 cm³/mol. The molecule has 0 bridgehead atoms. The van der Waals surface area contributed by atoms with Crippen LogP contribution >= 0.6 is 0 Å². The van der Waals surface area contributed by atoms with Crippen molar-refractivity contribution in [3.63, 3.8) is 0 Å². The number of benzene rings is 1. The molecule has 1 aliphatic rings. The largest absolute Gasteiger partial charge is 0.382 e. The average molecular weight is 262 g/mol. The summed E-state index contributed by atoms with van der Waals surface area (Å²) in [5.41, 5.74) is 1.53. The van der Waals surface area contributed by atoms with Crippen LogP contribution in [0.5, 0.6) is 0 Å². The molecule has 1 aromatic rings. The maximum Gasteiger partial charge on any atom is 0.116 e. The Kier molecular flexibility index (Phi) is 4.64. The number of hydrogen-bond acceptors (Lipinski definition) is 2. The summed E-state index contributed by atoms with van der Waals surface area (Å²) in [6.07, 6.45) is 4.95. The van der Waals surface area contributed by atoms with Crippen LogP contribution in [-0.2, 0) is 16.8 Å². The summed E-state index contributed by atoms with van der Waals surface area (Å²) in [6.45, 7) is 4.44. The molecule has 2 unspecified atom stereocenters. The molecule has 2 atom stereocenters. The molecule has 2 heteroatoms. The maximum absolute atomic E-state index is 11.0. The molecule has 0 amide bonds. The first-order valence-electron chi connectivity index (χ1n) is 7.41. The summed E-state index contributed by atoms with van der Waals surface area (Å²) < 4.78 is 5.53. The average Bonchev–Trinajstić information content (AvgIpc) is 2.39. The van der Waals surface area contributed by atoms with E-state index in [9.17, 15) is 5.11 Å². The Balaban J connectivity index is 2.28. The van der Waals surface area contributed by atoms with Crippen molar-refractivity contribution in [1.29, 1.82) is 0 Å². The fourth-order valence-corrected chi connectivity index (χ4v) is 3.21. The van der Waals surface area contributed by atoms with Gasteiger partial charge in [-0.15, -0.1) is 0 Å². The molecular weight excluding hydrogens is 236 g/mol. The van der Waals surface area contributed by atoms with E-state index in [4.69, 9.17) is 4.74 Å². The van der Waals surface area contributed by atoms with E-state index < -0.39 is 5.60 Å². The minimum atomic E-state index is -0.806. The van der Waals surface area contributed by atoms with Crippen LogP contribution in [0.25, 0.3) is 0 Å². The van der Waals surface area contributed by atoms with Crippen LogP contribution in [-0.4, -0.2) is 18.3 Å². The standard InChI is InChI=1S/C17H26O2/c1-13(2)11-14-7-6-8-15(12-14)17(18)10-5-4-9-16(17)19-3/h6-8,12-13,16,18H,4-5,9-11H2,1-3H3. The van der Waals surface area contributed by atoms with Gasteiger partial charge in [-0.3, -0.25) is 0 Å². The molecule has 1 N–H and O–H groups in total. The van der Waals surface area contributed by atoms with Gasteiger partial charge in [-0.2, -0.15) is 0 Å². The van der Waals surface area contributed by atoms with Gasteiger partial charge >= 0.3 is 0 Å². The Hall–Kier alpha value is -0.860. The number of rotatable bonds is 4. The topological polar surface area (TPSA) is 29.5 Å². The van der Waals surface area contributed by atoms with Gasteiger partial charge in [0.15, 0.2) is 0 Å². The summed E-state index contributed by atoms with van der Waals surface area (Å²) in [5.74, 6) is 0.634. The molecule has 1 fully saturated rings. The molecule has 0 heterocycles. The lowest BCUT2D eigenvalue weighted by molar-refractivity contribution is -0.122. The van der Waals surface area contributed by atoms with Crippen LogP contribution in [0.15, 0.2) is 24.3 Å². The van der Waals surface area contributed by atoms with Crippen molar-refractivity contribution in [2.45, 2.75) is 57.7 Å². The predicted octanol–water partition coefficient (Wildman–Crippen LogP) is 3.66. The molecule has 1 aliphatic carbocycles. The lowest BCUT2D eigenvalue weighted by Crippen LogP contribution is -2.43. The van der Waals surface area contributed by atoms with Crippen LogP contribution in [0, 0.1) is 5.92 Å². The maximum atomic E-state index is 11.0. The lowest BCUT2D eigenvalue weighted by atomic mass is 9.76. The van der Waals surface area contributed by atoms with E-state index in [1.807, 2.05) is 6.07 Å². The van der Waals surface area contributed by atoms with Crippen LogP contribution in [0.3, 0.4) is 0 Å². The number of ether oxygens (including phenoxy) is 1. The Labute approximate surface area is 116 Å². The van der Waals surface area contributed by atoms with Crippen molar-refractivity contribution < 1.29 is 9.84 Å². The second kappa shape index (κ2) is 6.06. The van der Waals surface area contributed by atoms with Crippen molar-refractivity contribution in [3.05, 3.63) is 35.4 Å². The van der Waals surface area contributed by atoms with Gasteiger partial charge in [0.25, 0.3) is 0 Å². The van der Waals surface area contributed by atoms with E-state index in [1.165, 1.54) is 5.56 Å². The van der Waals surface area contributed by atoms with Crippen LogP contribution < -0.4 is 0 Å². The van der Waals surface area contributed by atoms with Gasteiger partial charge in [0.05, 0.1) is 6.10 Å². The van der Waals surface area contributed by atoms with Crippen molar-refractivity contribution in [3.8, 4) is 0 Å². The van der Waals surface area contributed by atoms with Crippen LogP contribution in [0.1, 0.15) is 50.7 Å². The van der Waals surface area contributed by atoms with Crippen molar-refractivity contribution in [1.82, 2.24) is 0 Å². The third kappa shape index (κ3) is 3.18. The van der Waals surface area contributed by atoms with E-state index in [2.05, 4.69) is 32.0 Å². The Bertz CT molecular complexity index is 413. The van der Waals surface area contributed by atoms with Crippen molar-refractivity contribution >= 4 is 0 Å².